The fourth-order valence-corrected chi connectivity index (χ4v) is 3.13. The molecule has 0 radical (unpaired) electrons. The third-order valence-corrected chi connectivity index (χ3v) is 4.01. The topological polar surface area (TPSA) is 37.9 Å². The van der Waals surface area contributed by atoms with Crippen LogP contribution in [0.15, 0.2) is 0 Å². The lowest BCUT2D eigenvalue weighted by atomic mass is 9.94. The lowest BCUT2D eigenvalue weighted by Crippen LogP contribution is -2.32. The van der Waals surface area contributed by atoms with E-state index in [9.17, 15) is 0 Å². The van der Waals surface area contributed by atoms with Crippen molar-refractivity contribution in [1.82, 2.24) is 9.97 Å². The summed E-state index contributed by atoms with van der Waals surface area (Å²) in [5, 5.41) is 0. The minimum atomic E-state index is -0.300. The molecule has 1 aromatic heterocycles. The van der Waals surface area contributed by atoms with Crippen LogP contribution in [0, 0.1) is 11.6 Å². The van der Waals surface area contributed by atoms with E-state index in [1.54, 1.807) is 0 Å². The summed E-state index contributed by atoms with van der Waals surface area (Å²) in [6.07, 6.45) is 3.33. The number of aryl methyl sites for hydroxylation is 1. The molecule has 100 valence electrons. The van der Waals surface area contributed by atoms with Gasteiger partial charge in [-0.1, -0.05) is 26.1 Å². The van der Waals surface area contributed by atoms with Crippen LogP contribution in [0.4, 0.5) is 0 Å². The van der Waals surface area contributed by atoms with E-state index in [2.05, 4.69) is 37.7 Å². The van der Waals surface area contributed by atoms with Gasteiger partial charge >= 0.3 is 0 Å². The molecule has 2 heterocycles. The molecule has 1 N–H and O–H groups in total. The maximum atomic E-state index is 5.92. The molecule has 0 aliphatic carbocycles. The van der Waals surface area contributed by atoms with Crippen molar-refractivity contribution in [2.24, 2.45) is 0 Å². The number of nitrogens with one attached hydrogen (secondary N) is 1. The zero-order chi connectivity index (χ0) is 13.3. The third kappa shape index (κ3) is 2.50. The summed E-state index contributed by atoms with van der Waals surface area (Å²) in [4.78, 5) is 7.99. The molecule has 3 nitrogen and oxygen atoms in total. The Morgan fingerprint density at radius 2 is 2.11 bits per heavy atom. The summed E-state index contributed by atoms with van der Waals surface area (Å²) >= 11 is 5.44. The number of rotatable bonds is 2. The van der Waals surface area contributed by atoms with Gasteiger partial charge in [0, 0.05) is 17.9 Å². The number of aromatic nitrogens is 2. The molecule has 0 amide bonds. The van der Waals surface area contributed by atoms with E-state index in [4.69, 9.17) is 17.0 Å². The fraction of sp³-hybridized carbons (Fsp3) is 0.714. The summed E-state index contributed by atoms with van der Waals surface area (Å²) in [6.45, 7) is 9.28. The first kappa shape index (κ1) is 13.7. The van der Waals surface area contributed by atoms with E-state index in [1.807, 2.05) is 0 Å². The number of nitrogens with zero attached hydrogens (tertiary/aromatic N) is 1. The summed E-state index contributed by atoms with van der Waals surface area (Å²) in [6, 6.07) is 0. The second-order valence-electron chi connectivity index (χ2n) is 5.62. The predicted molar refractivity (Wildman–Crippen MR) is 75.4 cm³/mol. The molecule has 1 aliphatic heterocycles. The van der Waals surface area contributed by atoms with Crippen molar-refractivity contribution >= 4 is 12.2 Å². The van der Waals surface area contributed by atoms with Crippen LogP contribution in [0.2, 0.25) is 0 Å². The van der Waals surface area contributed by atoms with Gasteiger partial charge in [-0.3, -0.25) is 0 Å². The third-order valence-electron chi connectivity index (χ3n) is 3.70. The van der Waals surface area contributed by atoms with Gasteiger partial charge in [0.15, 0.2) is 0 Å². The lowest BCUT2D eigenvalue weighted by Gasteiger charge is -2.33. The van der Waals surface area contributed by atoms with Crippen molar-refractivity contribution in [2.75, 3.05) is 6.61 Å². The smallest absolute Gasteiger partial charge is 0.140 e. The number of hydrogen-bond donors (Lipinski definition) is 1. The van der Waals surface area contributed by atoms with E-state index in [0.717, 1.165) is 36.5 Å². The Balaban J connectivity index is 2.44. The first-order valence-corrected chi connectivity index (χ1v) is 7.10. The molecular weight excluding hydrogens is 244 g/mol. The molecule has 0 spiro atoms. The number of ether oxygens (including phenoxy) is 1. The fourth-order valence-electron chi connectivity index (χ4n) is 2.65. The van der Waals surface area contributed by atoms with Gasteiger partial charge in [0.25, 0.3) is 0 Å². The zero-order valence-corrected chi connectivity index (χ0v) is 12.5. The highest BCUT2D eigenvalue weighted by Gasteiger charge is 2.32. The van der Waals surface area contributed by atoms with E-state index >= 15 is 0 Å². The van der Waals surface area contributed by atoms with Crippen LogP contribution in [-0.4, -0.2) is 16.6 Å². The Morgan fingerprint density at radius 1 is 1.39 bits per heavy atom. The van der Waals surface area contributed by atoms with Crippen molar-refractivity contribution in [3.05, 3.63) is 21.7 Å². The molecule has 18 heavy (non-hydrogen) atoms. The van der Waals surface area contributed by atoms with E-state index < -0.39 is 0 Å². The molecule has 1 atom stereocenters. The Morgan fingerprint density at radius 3 is 2.61 bits per heavy atom. The van der Waals surface area contributed by atoms with Crippen LogP contribution in [0.5, 0.6) is 0 Å². The van der Waals surface area contributed by atoms with Gasteiger partial charge in [0.1, 0.15) is 16.1 Å². The van der Waals surface area contributed by atoms with Crippen LogP contribution in [0.3, 0.4) is 0 Å². The van der Waals surface area contributed by atoms with Crippen molar-refractivity contribution in [2.45, 2.75) is 58.5 Å². The average Bonchev–Trinajstić information content (AvgIpc) is 2.28. The summed E-state index contributed by atoms with van der Waals surface area (Å²) in [7, 11) is 0. The van der Waals surface area contributed by atoms with E-state index in [-0.39, 0.29) is 5.60 Å². The molecule has 0 aromatic carbocycles. The Hall–Kier alpha value is -0.740. The van der Waals surface area contributed by atoms with Gasteiger partial charge in [-0.05, 0) is 39.0 Å². The molecule has 4 heteroatoms. The highest BCUT2D eigenvalue weighted by atomic mass is 32.1. The minimum Gasteiger partial charge on any atom is -0.367 e. The van der Waals surface area contributed by atoms with E-state index in [0.29, 0.717) is 10.6 Å². The number of aromatic amines is 1. The highest BCUT2D eigenvalue weighted by molar-refractivity contribution is 7.71. The predicted octanol–water partition coefficient (Wildman–Crippen LogP) is 3.99. The second kappa shape index (κ2) is 5.10. The normalized spacial score (nSPS) is 24.5. The van der Waals surface area contributed by atoms with Crippen LogP contribution in [0.25, 0.3) is 0 Å². The Kier molecular flexibility index (Phi) is 3.87. The van der Waals surface area contributed by atoms with Crippen LogP contribution in [0.1, 0.15) is 63.0 Å². The van der Waals surface area contributed by atoms with Crippen molar-refractivity contribution in [3.8, 4) is 0 Å². The van der Waals surface area contributed by atoms with Gasteiger partial charge in [0.05, 0.1) is 0 Å². The molecule has 1 aliphatic rings. The second-order valence-corrected chi connectivity index (χ2v) is 6.01. The zero-order valence-electron chi connectivity index (χ0n) is 11.7. The monoisotopic (exact) mass is 266 g/mol. The van der Waals surface area contributed by atoms with Crippen molar-refractivity contribution < 1.29 is 4.74 Å². The quantitative estimate of drug-likeness (QED) is 0.823. The molecule has 1 aromatic rings. The van der Waals surface area contributed by atoms with Gasteiger partial charge < -0.3 is 9.72 Å². The molecule has 1 unspecified atom stereocenters. The maximum Gasteiger partial charge on any atom is 0.140 e. The molecule has 1 saturated heterocycles. The van der Waals surface area contributed by atoms with Gasteiger partial charge in [-0.15, -0.1) is 0 Å². The molecule has 0 bridgehead atoms. The van der Waals surface area contributed by atoms with E-state index in [1.165, 1.54) is 6.42 Å². The summed E-state index contributed by atoms with van der Waals surface area (Å²) in [5.74, 6) is 1.28. The largest absolute Gasteiger partial charge is 0.367 e. The Bertz CT molecular complexity index is 487. The van der Waals surface area contributed by atoms with Crippen molar-refractivity contribution in [1.29, 1.82) is 0 Å². The van der Waals surface area contributed by atoms with Gasteiger partial charge in [0.2, 0.25) is 0 Å². The molecule has 2 rings (SSSR count). The van der Waals surface area contributed by atoms with Crippen LogP contribution < -0.4 is 0 Å². The van der Waals surface area contributed by atoms with Crippen LogP contribution >= 0.6 is 12.2 Å². The Labute approximate surface area is 114 Å². The first-order chi connectivity index (χ1) is 8.44. The van der Waals surface area contributed by atoms with Gasteiger partial charge in [-0.25, -0.2) is 4.98 Å². The van der Waals surface area contributed by atoms with Crippen LogP contribution in [-0.2, 0) is 10.3 Å². The SMILES string of the molecule is Cc1[nH]c(C2(C)CCCCO2)nc(=S)c1C(C)C. The lowest BCUT2D eigenvalue weighted by molar-refractivity contribution is -0.0762. The molecule has 0 saturated carbocycles. The summed E-state index contributed by atoms with van der Waals surface area (Å²) < 4.78 is 6.64. The minimum absolute atomic E-state index is 0.300. The highest BCUT2D eigenvalue weighted by Crippen LogP contribution is 2.33. The summed E-state index contributed by atoms with van der Waals surface area (Å²) in [5.41, 5.74) is 1.97. The number of H-pyrrole nitrogens is 1. The van der Waals surface area contributed by atoms with Gasteiger partial charge in [-0.2, -0.15) is 0 Å². The first-order valence-electron chi connectivity index (χ1n) is 6.69. The van der Waals surface area contributed by atoms with Crippen molar-refractivity contribution in [3.63, 3.8) is 0 Å². The molecule has 1 fully saturated rings. The average molecular weight is 266 g/mol. The molecular formula is C14H22N2OS. The maximum absolute atomic E-state index is 5.92. The number of hydrogen-bond acceptors (Lipinski definition) is 3. The standard InChI is InChI=1S/C14H22N2OS/c1-9(2)11-10(3)15-13(16-12(11)18)14(4)7-5-6-8-17-14/h9H,5-8H2,1-4H3,(H,15,16,18).